The summed E-state index contributed by atoms with van der Waals surface area (Å²) in [5.41, 5.74) is -1.65. The summed E-state index contributed by atoms with van der Waals surface area (Å²) in [7, 11) is -3.99. The maximum absolute atomic E-state index is 13.7. The molecule has 1 N–H and O–H groups in total. The molecular weight excluding hydrogens is 455 g/mol. The number of sulfone groups is 1. The number of rotatable bonds is 4. The quantitative estimate of drug-likeness (QED) is 0.709. The van der Waals surface area contributed by atoms with Gasteiger partial charge in [-0.05, 0) is 43.5 Å². The molecule has 5 nitrogen and oxygen atoms in total. The predicted octanol–water partition coefficient (Wildman–Crippen LogP) is 4.23. The van der Waals surface area contributed by atoms with E-state index in [4.69, 9.17) is 11.6 Å². The Bertz CT molecular complexity index is 1180. The van der Waals surface area contributed by atoms with Gasteiger partial charge in [0.05, 0.1) is 20.7 Å². The largest absolute Gasteiger partial charge is 0.343 e. The smallest absolute Gasteiger partial charge is 0.252 e. The number of halogens is 4. The third-order valence-electron chi connectivity index (χ3n) is 6.50. The zero-order chi connectivity index (χ0) is 22.9. The van der Waals surface area contributed by atoms with Gasteiger partial charge in [0, 0.05) is 23.8 Å². The maximum atomic E-state index is 13.7. The molecule has 1 amide bonds. The van der Waals surface area contributed by atoms with Gasteiger partial charge in [0.2, 0.25) is 0 Å². The van der Waals surface area contributed by atoms with E-state index in [0.29, 0.717) is 0 Å². The highest BCUT2D eigenvalue weighted by atomic mass is 35.5. The molecule has 31 heavy (non-hydrogen) atoms. The SMILES string of the molecule is C[C@H]1C2CC(S(=O)(=O)c3cc(C(=O)NC4(C)C=C(F)C(F)=C(F)C4)ccc3Cl)C1C2=O. The van der Waals surface area contributed by atoms with Crippen molar-refractivity contribution in [3.05, 3.63) is 52.3 Å². The summed E-state index contributed by atoms with van der Waals surface area (Å²) in [4.78, 5) is 24.5. The molecule has 3 saturated carbocycles. The Morgan fingerprint density at radius 1 is 1.26 bits per heavy atom. The number of hydrogen-bond donors (Lipinski definition) is 1. The monoisotopic (exact) mass is 473 g/mol. The van der Waals surface area contributed by atoms with E-state index in [1.165, 1.54) is 19.1 Å². The van der Waals surface area contributed by atoms with E-state index in [-0.39, 0.29) is 39.5 Å². The molecule has 4 aliphatic carbocycles. The van der Waals surface area contributed by atoms with Crippen LogP contribution in [0.4, 0.5) is 13.2 Å². The molecule has 0 aliphatic heterocycles. The first-order valence-electron chi connectivity index (χ1n) is 9.68. The van der Waals surface area contributed by atoms with Crippen molar-refractivity contribution in [2.24, 2.45) is 17.8 Å². The minimum atomic E-state index is -3.99. The third kappa shape index (κ3) is 3.42. The molecule has 2 bridgehead atoms. The van der Waals surface area contributed by atoms with Crippen molar-refractivity contribution in [3.8, 4) is 0 Å². The number of carbonyl (C=O) groups is 2. The van der Waals surface area contributed by atoms with Gasteiger partial charge in [-0.3, -0.25) is 9.59 Å². The van der Waals surface area contributed by atoms with E-state index in [1.54, 1.807) is 0 Å². The third-order valence-corrected chi connectivity index (χ3v) is 9.17. The lowest BCUT2D eigenvalue weighted by molar-refractivity contribution is -0.135. The lowest BCUT2D eigenvalue weighted by Gasteiger charge is -2.31. The Labute approximate surface area is 182 Å². The molecule has 0 radical (unpaired) electrons. The lowest BCUT2D eigenvalue weighted by atomic mass is 9.72. The van der Waals surface area contributed by atoms with Crippen LogP contribution in [-0.2, 0) is 14.6 Å². The van der Waals surface area contributed by atoms with Crippen molar-refractivity contribution < 1.29 is 31.2 Å². The van der Waals surface area contributed by atoms with E-state index >= 15 is 0 Å². The van der Waals surface area contributed by atoms with Crippen LogP contribution in [0.3, 0.4) is 0 Å². The lowest BCUT2D eigenvalue weighted by Crippen LogP contribution is -2.45. The van der Waals surface area contributed by atoms with Crippen LogP contribution in [0.25, 0.3) is 0 Å². The van der Waals surface area contributed by atoms with E-state index in [0.717, 1.165) is 12.1 Å². The van der Waals surface area contributed by atoms with E-state index in [9.17, 15) is 31.2 Å². The van der Waals surface area contributed by atoms with Gasteiger partial charge in [-0.25, -0.2) is 21.6 Å². The molecule has 0 spiro atoms. The fourth-order valence-electron chi connectivity index (χ4n) is 4.83. The van der Waals surface area contributed by atoms with Crippen molar-refractivity contribution in [3.63, 3.8) is 0 Å². The van der Waals surface area contributed by atoms with Gasteiger partial charge in [0.1, 0.15) is 11.6 Å². The molecule has 10 heteroatoms. The number of allylic oxidation sites excluding steroid dienone is 2. The summed E-state index contributed by atoms with van der Waals surface area (Å²) in [6.45, 7) is 3.15. The molecule has 1 aromatic carbocycles. The minimum absolute atomic E-state index is 0.0196. The molecular formula is C21H19ClF3NO4S. The first-order valence-corrected chi connectivity index (χ1v) is 11.6. The van der Waals surface area contributed by atoms with Crippen LogP contribution in [0.15, 0.2) is 46.7 Å². The fraction of sp³-hybridized carbons (Fsp3) is 0.429. The van der Waals surface area contributed by atoms with Crippen LogP contribution in [0.2, 0.25) is 5.02 Å². The summed E-state index contributed by atoms with van der Waals surface area (Å²) < 4.78 is 67.0. The number of hydrogen-bond acceptors (Lipinski definition) is 4. The first-order chi connectivity index (χ1) is 14.4. The highest BCUT2D eigenvalue weighted by Gasteiger charge is 2.62. The predicted molar refractivity (Wildman–Crippen MR) is 107 cm³/mol. The molecule has 166 valence electrons. The maximum Gasteiger partial charge on any atom is 0.252 e. The molecule has 3 fully saturated rings. The number of Topliss-reactive ketones (excluding diaryl/α,β-unsaturated/α-hetero) is 1. The molecule has 5 atom stereocenters. The van der Waals surface area contributed by atoms with Crippen molar-refractivity contribution in [1.82, 2.24) is 5.32 Å². The van der Waals surface area contributed by atoms with Crippen LogP contribution < -0.4 is 5.32 Å². The zero-order valence-corrected chi connectivity index (χ0v) is 18.2. The Hall–Kier alpha value is -2.13. The van der Waals surface area contributed by atoms with E-state index < -0.39 is 56.4 Å². The number of benzene rings is 1. The zero-order valence-electron chi connectivity index (χ0n) is 16.6. The highest BCUT2D eigenvalue weighted by molar-refractivity contribution is 7.92. The number of carbonyl (C=O) groups excluding carboxylic acids is 2. The molecule has 4 aliphatic rings. The van der Waals surface area contributed by atoms with Crippen LogP contribution in [0.5, 0.6) is 0 Å². The second-order valence-electron chi connectivity index (χ2n) is 8.62. The first kappa shape index (κ1) is 22.1. The average Bonchev–Trinajstić information content (AvgIpc) is 3.23. The van der Waals surface area contributed by atoms with Crippen LogP contribution in [0, 0.1) is 17.8 Å². The molecule has 0 heterocycles. The van der Waals surface area contributed by atoms with Gasteiger partial charge in [0.25, 0.3) is 5.91 Å². The van der Waals surface area contributed by atoms with Crippen molar-refractivity contribution >= 4 is 33.1 Å². The Balaban J connectivity index is 1.62. The summed E-state index contributed by atoms with van der Waals surface area (Å²) in [5, 5.41) is 1.42. The second-order valence-corrected chi connectivity index (χ2v) is 11.2. The summed E-state index contributed by atoms with van der Waals surface area (Å²) in [6, 6.07) is 3.61. The summed E-state index contributed by atoms with van der Waals surface area (Å²) in [5.74, 6) is -6.11. The standard InChI is InChI=1S/C21H19ClF3NO4S/c1-9-11-6-16(17(9)19(11)27)31(29,30)15-5-10(3-4-12(15)22)20(28)26-21(2)7-13(23)18(25)14(24)8-21/h3-5,7,9,11,16-17H,6,8H2,1-2H3,(H,26,28)/t9-,11?,16?,17?,21?/m0/s1. The van der Waals surface area contributed by atoms with E-state index in [2.05, 4.69) is 5.32 Å². The fourth-order valence-corrected chi connectivity index (χ4v) is 7.45. The Morgan fingerprint density at radius 2 is 1.94 bits per heavy atom. The average molecular weight is 474 g/mol. The van der Waals surface area contributed by atoms with Gasteiger partial charge in [0.15, 0.2) is 21.5 Å². The molecule has 5 rings (SSSR count). The second kappa shape index (κ2) is 7.20. The van der Waals surface area contributed by atoms with Gasteiger partial charge in [-0.15, -0.1) is 0 Å². The minimum Gasteiger partial charge on any atom is -0.343 e. The molecule has 4 unspecified atom stereocenters. The Morgan fingerprint density at radius 3 is 2.48 bits per heavy atom. The number of nitrogens with one attached hydrogen (secondary N) is 1. The number of amides is 1. The van der Waals surface area contributed by atoms with E-state index in [1.807, 2.05) is 6.92 Å². The summed E-state index contributed by atoms with van der Waals surface area (Å²) in [6.07, 6.45) is 0.386. The highest BCUT2D eigenvalue weighted by Crippen LogP contribution is 2.54. The van der Waals surface area contributed by atoms with Gasteiger partial charge in [-0.1, -0.05) is 18.5 Å². The van der Waals surface area contributed by atoms with Gasteiger partial charge >= 0.3 is 0 Å². The summed E-state index contributed by atoms with van der Waals surface area (Å²) >= 11 is 6.12. The van der Waals surface area contributed by atoms with Gasteiger partial charge in [-0.2, -0.15) is 0 Å². The topological polar surface area (TPSA) is 80.3 Å². The van der Waals surface area contributed by atoms with Crippen molar-refractivity contribution in [2.75, 3.05) is 0 Å². The molecule has 1 aromatic rings. The number of ketones is 1. The van der Waals surface area contributed by atoms with Gasteiger partial charge < -0.3 is 5.32 Å². The van der Waals surface area contributed by atoms with Crippen LogP contribution in [-0.4, -0.2) is 30.9 Å². The van der Waals surface area contributed by atoms with Crippen LogP contribution >= 0.6 is 11.6 Å². The van der Waals surface area contributed by atoms with Crippen LogP contribution in [0.1, 0.15) is 37.0 Å². The van der Waals surface area contributed by atoms with Crippen molar-refractivity contribution in [2.45, 2.75) is 42.4 Å². The molecule has 0 saturated heterocycles. The molecule has 0 aromatic heterocycles. The normalized spacial score (nSPS) is 32.6. The Kier molecular flexibility index (Phi) is 5.13. The number of fused-ring (bicyclic) bond motifs is 1. The van der Waals surface area contributed by atoms with Crippen molar-refractivity contribution in [1.29, 1.82) is 0 Å².